The maximum absolute atomic E-state index is 5.54. The lowest BCUT2D eigenvalue weighted by Crippen LogP contribution is -2.26. The molecule has 1 aromatic rings. The normalized spacial score (nSPS) is 9.81. The summed E-state index contributed by atoms with van der Waals surface area (Å²) in [6.07, 6.45) is 0. The maximum Gasteiger partial charge on any atom is 0.195 e. The molecule has 16 heavy (non-hydrogen) atoms. The number of anilines is 1. The minimum atomic E-state index is 0. The molecule has 0 aliphatic heterocycles. The summed E-state index contributed by atoms with van der Waals surface area (Å²) in [6.45, 7) is 0.549. The average Bonchev–Trinajstić information content (AvgIpc) is 2.26. The fraction of sp³-hybridized carbons (Fsp3) is 0.300. The number of nitrogens with two attached hydrogens (primary N) is 1. The number of benzene rings is 1. The van der Waals surface area contributed by atoms with E-state index in [0.29, 0.717) is 6.54 Å². The Morgan fingerprint density at radius 1 is 1.38 bits per heavy atom. The highest BCUT2D eigenvalue weighted by Crippen LogP contribution is 2.09. The zero-order valence-electron chi connectivity index (χ0n) is 9.36. The summed E-state index contributed by atoms with van der Waals surface area (Å²) in [6, 6.07) is 7.94. The van der Waals surface area contributed by atoms with E-state index >= 15 is 0 Å². The van der Waals surface area contributed by atoms with Crippen molar-refractivity contribution in [1.82, 2.24) is 5.32 Å². The molecule has 92 valence electrons. The second-order valence-electron chi connectivity index (χ2n) is 2.85. The minimum absolute atomic E-state index is 0. The van der Waals surface area contributed by atoms with Crippen LogP contribution in [0.25, 0.3) is 0 Å². The monoisotopic (exact) mass is 264 g/mol. The lowest BCUT2D eigenvalue weighted by molar-refractivity contribution is 1.07. The summed E-state index contributed by atoms with van der Waals surface area (Å²) in [4.78, 5) is 4.02. The number of hydrogen-bond acceptors (Lipinski definition) is 2. The Hall–Kier alpha value is -0.970. The van der Waals surface area contributed by atoms with E-state index in [1.165, 1.54) is 0 Å². The molecule has 0 atom stereocenters. The Bertz CT molecular complexity index is 328. The molecule has 0 amide bonds. The van der Waals surface area contributed by atoms with E-state index in [9.17, 15) is 0 Å². The molecule has 4 nitrogen and oxygen atoms in total. The average molecular weight is 265 g/mol. The number of aliphatic imine (C=N–C) groups is 1. The van der Waals surface area contributed by atoms with Gasteiger partial charge in [-0.2, -0.15) is 0 Å². The fourth-order valence-electron chi connectivity index (χ4n) is 1.14. The molecule has 1 aromatic carbocycles. The van der Waals surface area contributed by atoms with Crippen LogP contribution in [-0.4, -0.2) is 20.1 Å². The molecule has 0 radical (unpaired) electrons. The van der Waals surface area contributed by atoms with Crippen molar-refractivity contribution < 1.29 is 0 Å². The highest BCUT2D eigenvalue weighted by atomic mass is 35.5. The van der Waals surface area contributed by atoms with Gasteiger partial charge in [0.2, 0.25) is 0 Å². The van der Waals surface area contributed by atoms with Crippen molar-refractivity contribution in [3.8, 4) is 0 Å². The number of guanidine groups is 1. The summed E-state index contributed by atoms with van der Waals surface area (Å²) in [5.41, 5.74) is 7.63. The third-order valence-corrected chi connectivity index (χ3v) is 1.89. The molecule has 0 fully saturated rings. The van der Waals surface area contributed by atoms with E-state index in [1.807, 2.05) is 31.3 Å². The van der Waals surface area contributed by atoms with E-state index in [0.717, 1.165) is 17.2 Å². The van der Waals surface area contributed by atoms with E-state index in [4.69, 9.17) is 5.73 Å². The van der Waals surface area contributed by atoms with Gasteiger partial charge in [0, 0.05) is 26.3 Å². The molecule has 0 saturated heterocycles. The molecule has 0 aliphatic rings. The van der Waals surface area contributed by atoms with Crippen molar-refractivity contribution in [2.24, 2.45) is 10.7 Å². The molecule has 1 rings (SSSR count). The Kier molecular flexibility index (Phi) is 10.1. The summed E-state index contributed by atoms with van der Waals surface area (Å²) in [5, 5.41) is 6.08. The van der Waals surface area contributed by atoms with Crippen LogP contribution in [0.3, 0.4) is 0 Å². The summed E-state index contributed by atoms with van der Waals surface area (Å²) >= 11 is 0. The van der Waals surface area contributed by atoms with Crippen LogP contribution >= 0.6 is 24.8 Å². The van der Waals surface area contributed by atoms with Crippen LogP contribution < -0.4 is 16.4 Å². The van der Waals surface area contributed by atoms with Gasteiger partial charge in [0.1, 0.15) is 0 Å². The van der Waals surface area contributed by atoms with Crippen LogP contribution in [0.1, 0.15) is 5.56 Å². The SMILES string of the molecule is CN=C(NC)Nc1cccc(CN)c1.Cl.Cl. The van der Waals surface area contributed by atoms with E-state index in [2.05, 4.69) is 15.6 Å². The molecule has 0 aromatic heterocycles. The van der Waals surface area contributed by atoms with Gasteiger partial charge in [-0.1, -0.05) is 12.1 Å². The smallest absolute Gasteiger partial charge is 0.195 e. The number of hydrogen-bond donors (Lipinski definition) is 3. The minimum Gasteiger partial charge on any atom is -0.359 e. The summed E-state index contributed by atoms with van der Waals surface area (Å²) in [7, 11) is 3.55. The number of rotatable bonds is 2. The second-order valence-corrected chi connectivity index (χ2v) is 2.85. The van der Waals surface area contributed by atoms with Crippen LogP contribution in [0.2, 0.25) is 0 Å². The van der Waals surface area contributed by atoms with E-state index < -0.39 is 0 Å². The van der Waals surface area contributed by atoms with Gasteiger partial charge < -0.3 is 16.4 Å². The van der Waals surface area contributed by atoms with Gasteiger partial charge >= 0.3 is 0 Å². The fourth-order valence-corrected chi connectivity index (χ4v) is 1.14. The molecule has 0 heterocycles. The number of halogens is 2. The highest BCUT2D eigenvalue weighted by Gasteiger charge is 1.96. The zero-order chi connectivity index (χ0) is 10.4. The first-order chi connectivity index (χ1) is 6.80. The molecule has 0 spiro atoms. The van der Waals surface area contributed by atoms with Gasteiger partial charge in [-0.25, -0.2) is 0 Å². The first kappa shape index (κ1) is 17.4. The maximum atomic E-state index is 5.54. The first-order valence-corrected chi connectivity index (χ1v) is 4.50. The Morgan fingerprint density at radius 2 is 2.06 bits per heavy atom. The Morgan fingerprint density at radius 3 is 2.56 bits per heavy atom. The van der Waals surface area contributed by atoms with Gasteiger partial charge in [-0.15, -0.1) is 24.8 Å². The standard InChI is InChI=1S/C10H16N4.2ClH/c1-12-10(13-2)14-9-5-3-4-8(6-9)7-11;;/h3-6H,7,11H2,1-2H3,(H2,12,13,14);2*1H. The van der Waals surface area contributed by atoms with Crippen molar-refractivity contribution in [2.45, 2.75) is 6.54 Å². The van der Waals surface area contributed by atoms with Crippen LogP contribution in [0.15, 0.2) is 29.3 Å². The van der Waals surface area contributed by atoms with Crippen molar-refractivity contribution in [3.05, 3.63) is 29.8 Å². The number of nitrogens with one attached hydrogen (secondary N) is 2. The van der Waals surface area contributed by atoms with E-state index in [-0.39, 0.29) is 24.8 Å². The molecule has 4 N–H and O–H groups in total. The predicted octanol–water partition coefficient (Wildman–Crippen LogP) is 1.61. The van der Waals surface area contributed by atoms with Crippen LogP contribution in [0.5, 0.6) is 0 Å². The van der Waals surface area contributed by atoms with Crippen LogP contribution in [0.4, 0.5) is 5.69 Å². The molecular formula is C10H18Cl2N4. The summed E-state index contributed by atoms with van der Waals surface area (Å²) < 4.78 is 0. The van der Waals surface area contributed by atoms with Gasteiger partial charge in [0.25, 0.3) is 0 Å². The van der Waals surface area contributed by atoms with Gasteiger partial charge in [0.15, 0.2) is 5.96 Å². The zero-order valence-corrected chi connectivity index (χ0v) is 11.0. The van der Waals surface area contributed by atoms with Crippen LogP contribution in [-0.2, 0) is 6.54 Å². The summed E-state index contributed by atoms with van der Waals surface area (Å²) in [5.74, 6) is 0.735. The molecule has 0 unspecified atom stereocenters. The van der Waals surface area contributed by atoms with Gasteiger partial charge in [0.05, 0.1) is 0 Å². The molecule has 0 saturated carbocycles. The number of nitrogens with zero attached hydrogens (tertiary/aromatic N) is 1. The van der Waals surface area contributed by atoms with Crippen LogP contribution in [0, 0.1) is 0 Å². The first-order valence-electron chi connectivity index (χ1n) is 4.50. The third-order valence-electron chi connectivity index (χ3n) is 1.89. The predicted molar refractivity (Wildman–Crippen MR) is 74.9 cm³/mol. The molecule has 6 heteroatoms. The quantitative estimate of drug-likeness (QED) is 0.562. The molecule has 0 aliphatic carbocycles. The molecular weight excluding hydrogens is 247 g/mol. The Balaban J connectivity index is 0. The lowest BCUT2D eigenvalue weighted by Gasteiger charge is -2.09. The van der Waals surface area contributed by atoms with Crippen molar-refractivity contribution in [3.63, 3.8) is 0 Å². The van der Waals surface area contributed by atoms with Crippen molar-refractivity contribution >= 4 is 36.5 Å². The second kappa shape index (κ2) is 9.27. The topological polar surface area (TPSA) is 62.4 Å². The largest absolute Gasteiger partial charge is 0.359 e. The molecule has 0 bridgehead atoms. The Labute approximate surface area is 109 Å². The van der Waals surface area contributed by atoms with Gasteiger partial charge in [-0.05, 0) is 17.7 Å². The van der Waals surface area contributed by atoms with Gasteiger partial charge in [-0.3, -0.25) is 4.99 Å². The third kappa shape index (κ3) is 5.21. The van der Waals surface area contributed by atoms with E-state index in [1.54, 1.807) is 7.05 Å². The van der Waals surface area contributed by atoms with Crippen molar-refractivity contribution in [2.75, 3.05) is 19.4 Å². The highest BCUT2D eigenvalue weighted by molar-refractivity contribution is 5.93. The lowest BCUT2D eigenvalue weighted by atomic mass is 10.2. The van der Waals surface area contributed by atoms with Crippen molar-refractivity contribution in [1.29, 1.82) is 0 Å².